The Kier molecular flexibility index (Phi) is 5.86. The molecule has 0 radical (unpaired) electrons. The highest BCUT2D eigenvalue weighted by Crippen LogP contribution is 2.15. The molecule has 0 aliphatic rings. The van der Waals surface area contributed by atoms with Crippen molar-refractivity contribution in [2.45, 2.75) is 30.7 Å². The number of rotatable bonds is 7. The van der Waals surface area contributed by atoms with Gasteiger partial charge in [-0.15, -0.1) is 0 Å². The number of carbonyl (C=O) groups excluding carboxylic acids is 1. The molecule has 0 aliphatic carbocycles. The summed E-state index contributed by atoms with van der Waals surface area (Å²) in [6.07, 6.45) is -0.161. The van der Waals surface area contributed by atoms with Gasteiger partial charge < -0.3 is 16.2 Å². The molecule has 1 unspecified atom stereocenters. The van der Waals surface area contributed by atoms with Gasteiger partial charge in [-0.2, -0.15) is 0 Å². The van der Waals surface area contributed by atoms with E-state index >= 15 is 0 Å². The summed E-state index contributed by atoms with van der Waals surface area (Å²) in [6, 6.07) is 4.79. The molecular weight excluding hydrogens is 296 g/mol. The summed E-state index contributed by atoms with van der Waals surface area (Å²) in [5.41, 5.74) is 5.97. The highest BCUT2D eigenvalue weighted by Gasteiger charge is 2.16. The molecule has 0 saturated heterocycles. The lowest BCUT2D eigenvalue weighted by atomic mass is 10.1. The topological polar surface area (TPSA) is 127 Å². The Bertz CT molecular complexity index is 610. The molecule has 0 fully saturated rings. The van der Waals surface area contributed by atoms with Gasteiger partial charge in [-0.05, 0) is 30.7 Å². The molecule has 21 heavy (non-hydrogen) atoms. The maximum atomic E-state index is 11.7. The van der Waals surface area contributed by atoms with E-state index in [0.717, 1.165) is 0 Å². The monoisotopic (exact) mass is 314 g/mol. The van der Waals surface area contributed by atoms with Crippen molar-refractivity contribution in [2.24, 2.45) is 5.73 Å². The number of anilines is 1. The van der Waals surface area contributed by atoms with E-state index in [1.807, 2.05) is 0 Å². The fourth-order valence-corrected chi connectivity index (χ4v) is 2.44. The van der Waals surface area contributed by atoms with Crippen LogP contribution in [0.3, 0.4) is 0 Å². The number of carboxylic acid groups (broad SMARTS) is 1. The van der Waals surface area contributed by atoms with Crippen molar-refractivity contribution in [3.63, 3.8) is 0 Å². The van der Waals surface area contributed by atoms with Crippen LogP contribution in [0.25, 0.3) is 0 Å². The number of hydrogen-bond donors (Lipinski definition) is 3. The van der Waals surface area contributed by atoms with Gasteiger partial charge in [0.05, 0.1) is 16.7 Å². The van der Waals surface area contributed by atoms with Crippen LogP contribution in [0.4, 0.5) is 5.69 Å². The highest BCUT2D eigenvalue weighted by molar-refractivity contribution is 7.91. The van der Waals surface area contributed by atoms with Crippen LogP contribution < -0.4 is 11.1 Å². The summed E-state index contributed by atoms with van der Waals surface area (Å²) in [6.45, 7) is 1.55. The van der Waals surface area contributed by atoms with Crippen molar-refractivity contribution in [2.75, 3.05) is 11.1 Å². The van der Waals surface area contributed by atoms with E-state index in [1.165, 1.54) is 24.3 Å². The molecule has 0 aliphatic heterocycles. The van der Waals surface area contributed by atoms with Crippen LogP contribution >= 0.6 is 0 Å². The molecule has 7 nitrogen and oxygen atoms in total. The summed E-state index contributed by atoms with van der Waals surface area (Å²) in [4.78, 5) is 22.3. The lowest BCUT2D eigenvalue weighted by Crippen LogP contribution is -2.36. The zero-order valence-corrected chi connectivity index (χ0v) is 12.4. The van der Waals surface area contributed by atoms with Gasteiger partial charge in [-0.1, -0.05) is 6.92 Å². The Morgan fingerprint density at radius 1 is 1.29 bits per heavy atom. The third-order valence-corrected chi connectivity index (χ3v) is 4.62. The molecule has 0 saturated carbocycles. The van der Waals surface area contributed by atoms with E-state index in [1.54, 1.807) is 6.92 Å². The Hall–Kier alpha value is -1.93. The minimum atomic E-state index is -3.28. The molecule has 0 aromatic heterocycles. The predicted octanol–water partition coefficient (Wildman–Crippen LogP) is 0.611. The van der Waals surface area contributed by atoms with Crippen molar-refractivity contribution in [1.82, 2.24) is 0 Å². The first-order chi connectivity index (χ1) is 9.76. The van der Waals surface area contributed by atoms with Crippen LogP contribution in [-0.4, -0.2) is 37.2 Å². The van der Waals surface area contributed by atoms with Gasteiger partial charge in [-0.3, -0.25) is 9.59 Å². The smallest absolute Gasteiger partial charge is 0.303 e. The zero-order chi connectivity index (χ0) is 16.0. The molecule has 1 amide bonds. The third kappa shape index (κ3) is 5.16. The molecule has 0 bridgehead atoms. The van der Waals surface area contributed by atoms with Crippen LogP contribution in [0.2, 0.25) is 0 Å². The number of amides is 1. The maximum absolute atomic E-state index is 11.7. The van der Waals surface area contributed by atoms with Gasteiger partial charge in [0.15, 0.2) is 9.84 Å². The number of hydrogen-bond acceptors (Lipinski definition) is 5. The van der Waals surface area contributed by atoms with Crippen molar-refractivity contribution < 1.29 is 23.1 Å². The van der Waals surface area contributed by atoms with Crippen molar-refractivity contribution in [1.29, 1.82) is 0 Å². The van der Waals surface area contributed by atoms with E-state index in [2.05, 4.69) is 5.32 Å². The van der Waals surface area contributed by atoms with Gasteiger partial charge in [0.25, 0.3) is 0 Å². The van der Waals surface area contributed by atoms with Crippen molar-refractivity contribution in [3.8, 4) is 0 Å². The number of benzene rings is 1. The van der Waals surface area contributed by atoms with E-state index < -0.39 is 27.8 Å². The number of carbonyl (C=O) groups is 2. The van der Waals surface area contributed by atoms with Crippen molar-refractivity contribution in [3.05, 3.63) is 24.3 Å². The normalized spacial score (nSPS) is 12.7. The van der Waals surface area contributed by atoms with Gasteiger partial charge >= 0.3 is 5.97 Å². The first-order valence-electron chi connectivity index (χ1n) is 6.37. The van der Waals surface area contributed by atoms with Crippen molar-refractivity contribution >= 4 is 27.4 Å². The Balaban J connectivity index is 2.67. The van der Waals surface area contributed by atoms with Gasteiger partial charge in [0.2, 0.25) is 5.91 Å². The third-order valence-electron chi connectivity index (χ3n) is 2.87. The quantitative estimate of drug-likeness (QED) is 0.677. The number of carboxylic acids is 1. The molecular formula is C13H18N2O5S. The summed E-state index contributed by atoms with van der Waals surface area (Å²) in [5, 5.41) is 11.0. The Morgan fingerprint density at radius 2 is 1.86 bits per heavy atom. The van der Waals surface area contributed by atoms with Gasteiger partial charge in [-0.25, -0.2) is 8.42 Å². The minimum absolute atomic E-state index is 0.00122. The van der Waals surface area contributed by atoms with Crippen LogP contribution in [-0.2, 0) is 19.4 Å². The summed E-state index contributed by atoms with van der Waals surface area (Å²) in [7, 11) is -3.28. The lowest BCUT2D eigenvalue weighted by molar-refractivity contribution is -0.137. The molecule has 0 spiro atoms. The van der Waals surface area contributed by atoms with Crippen LogP contribution in [0.15, 0.2) is 29.2 Å². The van der Waals surface area contributed by atoms with Crippen LogP contribution in [0.5, 0.6) is 0 Å². The van der Waals surface area contributed by atoms with E-state index in [9.17, 15) is 18.0 Å². The predicted molar refractivity (Wildman–Crippen MR) is 77.6 cm³/mol. The number of nitrogens with two attached hydrogens (primary N) is 1. The summed E-state index contributed by atoms with van der Waals surface area (Å²) < 4.78 is 23.3. The van der Waals surface area contributed by atoms with Gasteiger partial charge in [0, 0.05) is 12.1 Å². The zero-order valence-electron chi connectivity index (χ0n) is 11.6. The first-order valence-corrected chi connectivity index (χ1v) is 8.02. The molecule has 1 rings (SSSR count). The standard InChI is InChI=1S/C13H18N2O5S/c1-2-21(19,20)10-5-3-9(4-6-10)15-13(18)11(14)7-8-12(16)17/h3-6,11H,2,7-8,14H2,1H3,(H,15,18)(H,16,17). The second kappa shape index (κ2) is 7.19. The summed E-state index contributed by atoms with van der Waals surface area (Å²) in [5.74, 6) is -1.53. The minimum Gasteiger partial charge on any atom is -0.481 e. The fourth-order valence-electron chi connectivity index (χ4n) is 1.56. The molecule has 0 heterocycles. The molecule has 116 valence electrons. The fraction of sp³-hybridized carbons (Fsp3) is 0.385. The van der Waals surface area contributed by atoms with E-state index in [4.69, 9.17) is 10.8 Å². The Morgan fingerprint density at radius 3 is 2.33 bits per heavy atom. The van der Waals surface area contributed by atoms with Crippen LogP contribution in [0.1, 0.15) is 19.8 Å². The second-order valence-corrected chi connectivity index (χ2v) is 6.73. The highest BCUT2D eigenvalue weighted by atomic mass is 32.2. The molecule has 1 aromatic rings. The molecule has 4 N–H and O–H groups in total. The summed E-state index contributed by atoms with van der Waals surface area (Å²) >= 11 is 0. The molecule has 1 atom stereocenters. The maximum Gasteiger partial charge on any atom is 0.303 e. The average Bonchev–Trinajstić information content (AvgIpc) is 2.45. The van der Waals surface area contributed by atoms with E-state index in [0.29, 0.717) is 5.69 Å². The van der Waals surface area contributed by atoms with Crippen LogP contribution in [0, 0.1) is 0 Å². The number of nitrogens with one attached hydrogen (secondary N) is 1. The molecule has 1 aromatic carbocycles. The second-order valence-electron chi connectivity index (χ2n) is 4.46. The largest absolute Gasteiger partial charge is 0.481 e. The lowest BCUT2D eigenvalue weighted by Gasteiger charge is -2.11. The Labute approximate surface area is 123 Å². The number of sulfone groups is 1. The van der Waals surface area contributed by atoms with E-state index in [-0.39, 0.29) is 23.5 Å². The average molecular weight is 314 g/mol. The number of aliphatic carboxylic acids is 1. The molecule has 8 heteroatoms. The SMILES string of the molecule is CCS(=O)(=O)c1ccc(NC(=O)C(N)CCC(=O)O)cc1. The van der Waals surface area contributed by atoms with Gasteiger partial charge in [0.1, 0.15) is 0 Å². The first kappa shape index (κ1) is 17.1.